The van der Waals surface area contributed by atoms with E-state index in [-0.39, 0.29) is 11.6 Å². The molecular formula is C16H18ClFN2O. The van der Waals surface area contributed by atoms with Crippen LogP contribution in [0.3, 0.4) is 0 Å². The van der Waals surface area contributed by atoms with E-state index in [0.717, 1.165) is 17.9 Å². The van der Waals surface area contributed by atoms with Gasteiger partial charge in [-0.2, -0.15) is 0 Å². The highest BCUT2D eigenvalue weighted by Crippen LogP contribution is 2.20. The zero-order valence-corrected chi connectivity index (χ0v) is 13.0. The van der Waals surface area contributed by atoms with Crippen LogP contribution in [0.4, 0.5) is 4.39 Å². The van der Waals surface area contributed by atoms with Gasteiger partial charge >= 0.3 is 0 Å². The van der Waals surface area contributed by atoms with Crippen molar-refractivity contribution >= 4 is 17.4 Å². The summed E-state index contributed by atoms with van der Waals surface area (Å²) in [6, 6.07) is 4.36. The van der Waals surface area contributed by atoms with Crippen molar-refractivity contribution in [3.05, 3.63) is 52.3 Å². The first kappa shape index (κ1) is 15.7. The molecule has 0 spiro atoms. The smallest absolute Gasteiger partial charge is 0.180 e. The van der Waals surface area contributed by atoms with E-state index in [2.05, 4.69) is 4.98 Å². The number of carbonyl (C=O) groups is 1. The number of rotatable bonds is 6. The van der Waals surface area contributed by atoms with E-state index < -0.39 is 0 Å². The molecule has 21 heavy (non-hydrogen) atoms. The monoisotopic (exact) mass is 308 g/mol. The largest absolute Gasteiger partial charge is 0.326 e. The second kappa shape index (κ2) is 6.85. The van der Waals surface area contributed by atoms with E-state index in [9.17, 15) is 9.18 Å². The molecule has 0 saturated heterocycles. The first-order chi connectivity index (χ1) is 10.0. The topological polar surface area (TPSA) is 34.9 Å². The number of hydrogen-bond acceptors (Lipinski definition) is 2. The zero-order chi connectivity index (χ0) is 15.4. The predicted octanol–water partition coefficient (Wildman–Crippen LogP) is 4.21. The molecule has 0 fully saturated rings. The number of benzene rings is 1. The van der Waals surface area contributed by atoms with Crippen molar-refractivity contribution in [1.29, 1.82) is 0 Å². The van der Waals surface area contributed by atoms with Crippen LogP contribution in [-0.2, 0) is 13.0 Å². The Kier molecular flexibility index (Phi) is 5.12. The maximum Gasteiger partial charge on any atom is 0.180 e. The highest BCUT2D eigenvalue weighted by Gasteiger charge is 2.13. The molecule has 0 atom stereocenters. The van der Waals surface area contributed by atoms with E-state index in [1.807, 2.05) is 18.4 Å². The summed E-state index contributed by atoms with van der Waals surface area (Å²) in [6.07, 6.45) is 3.40. The number of ketones is 1. The second-order valence-electron chi connectivity index (χ2n) is 4.95. The minimum Gasteiger partial charge on any atom is -0.326 e. The number of aryl methyl sites for hydroxylation is 2. The SMILES string of the molecule is CCn1c(C(=O)CCCc2ccc(F)cc2Cl)cnc1C. The van der Waals surface area contributed by atoms with Gasteiger partial charge in [0.25, 0.3) is 0 Å². The van der Waals surface area contributed by atoms with Crippen LogP contribution in [0.25, 0.3) is 0 Å². The van der Waals surface area contributed by atoms with Crippen molar-refractivity contribution in [2.75, 3.05) is 0 Å². The third-order valence-corrected chi connectivity index (χ3v) is 3.87. The summed E-state index contributed by atoms with van der Waals surface area (Å²) in [5.41, 5.74) is 1.52. The summed E-state index contributed by atoms with van der Waals surface area (Å²) < 4.78 is 14.9. The fourth-order valence-corrected chi connectivity index (χ4v) is 2.64. The van der Waals surface area contributed by atoms with Gasteiger partial charge in [-0.15, -0.1) is 0 Å². The molecule has 0 radical (unpaired) electrons. The number of carbonyl (C=O) groups excluding carboxylic acids is 1. The molecule has 0 amide bonds. The van der Waals surface area contributed by atoms with Crippen LogP contribution in [0, 0.1) is 12.7 Å². The number of hydrogen-bond donors (Lipinski definition) is 0. The molecule has 2 rings (SSSR count). The molecular weight excluding hydrogens is 291 g/mol. The van der Waals surface area contributed by atoms with E-state index in [1.165, 1.54) is 12.1 Å². The molecule has 0 aliphatic carbocycles. The van der Waals surface area contributed by atoms with Crippen LogP contribution in [0.15, 0.2) is 24.4 Å². The lowest BCUT2D eigenvalue weighted by molar-refractivity contribution is 0.0971. The van der Waals surface area contributed by atoms with Crippen molar-refractivity contribution in [1.82, 2.24) is 9.55 Å². The van der Waals surface area contributed by atoms with Crippen molar-refractivity contribution < 1.29 is 9.18 Å². The van der Waals surface area contributed by atoms with Crippen molar-refractivity contribution in [2.45, 2.75) is 39.7 Å². The molecule has 0 aliphatic rings. The number of halogens is 2. The van der Waals surface area contributed by atoms with Crippen molar-refractivity contribution in [3.8, 4) is 0 Å². The normalized spacial score (nSPS) is 10.9. The minimum atomic E-state index is -0.345. The van der Waals surface area contributed by atoms with Gasteiger partial charge in [-0.05, 0) is 44.4 Å². The van der Waals surface area contributed by atoms with Gasteiger partial charge in [-0.25, -0.2) is 9.37 Å². The molecule has 1 aromatic heterocycles. The Labute approximate surface area is 128 Å². The molecule has 0 aliphatic heterocycles. The molecule has 0 unspecified atom stereocenters. The Morgan fingerprint density at radius 1 is 1.43 bits per heavy atom. The maximum atomic E-state index is 13.0. The van der Waals surface area contributed by atoms with Crippen LogP contribution in [0.2, 0.25) is 5.02 Å². The van der Waals surface area contributed by atoms with Gasteiger partial charge in [0.15, 0.2) is 5.78 Å². The van der Waals surface area contributed by atoms with E-state index in [0.29, 0.717) is 30.0 Å². The minimum absolute atomic E-state index is 0.0793. The summed E-state index contributed by atoms with van der Waals surface area (Å²) in [7, 11) is 0. The van der Waals surface area contributed by atoms with Crippen LogP contribution >= 0.6 is 11.6 Å². The van der Waals surface area contributed by atoms with E-state index >= 15 is 0 Å². The molecule has 1 heterocycles. The summed E-state index contributed by atoms with van der Waals surface area (Å²) in [5.74, 6) is 0.584. The molecule has 1 aromatic carbocycles. The first-order valence-electron chi connectivity index (χ1n) is 7.02. The molecule has 5 heteroatoms. The number of aromatic nitrogens is 2. The third kappa shape index (κ3) is 3.70. The van der Waals surface area contributed by atoms with Gasteiger partial charge in [0, 0.05) is 18.0 Å². The quantitative estimate of drug-likeness (QED) is 0.749. The van der Waals surface area contributed by atoms with Crippen molar-refractivity contribution in [2.24, 2.45) is 0 Å². The van der Waals surface area contributed by atoms with Gasteiger partial charge in [0.2, 0.25) is 0 Å². The molecule has 0 saturated carbocycles. The van der Waals surface area contributed by atoms with Crippen LogP contribution < -0.4 is 0 Å². The number of imidazole rings is 1. The predicted molar refractivity (Wildman–Crippen MR) is 81.3 cm³/mol. The molecule has 0 N–H and O–H groups in total. The van der Waals surface area contributed by atoms with Crippen molar-refractivity contribution in [3.63, 3.8) is 0 Å². The van der Waals surface area contributed by atoms with Gasteiger partial charge < -0.3 is 4.57 Å². The Hall–Kier alpha value is -1.68. The fourth-order valence-electron chi connectivity index (χ4n) is 2.38. The first-order valence-corrected chi connectivity index (χ1v) is 7.40. The second-order valence-corrected chi connectivity index (χ2v) is 5.35. The summed E-state index contributed by atoms with van der Waals surface area (Å²) in [4.78, 5) is 16.4. The number of nitrogens with zero attached hydrogens (tertiary/aromatic N) is 2. The van der Waals surface area contributed by atoms with Crippen LogP contribution in [0.1, 0.15) is 41.6 Å². The Morgan fingerprint density at radius 3 is 2.86 bits per heavy atom. The Balaban J connectivity index is 1.95. The fraction of sp³-hybridized carbons (Fsp3) is 0.375. The standard InChI is InChI=1S/C16H18ClFN2O/c1-3-20-11(2)19-10-15(20)16(21)6-4-5-12-7-8-13(18)9-14(12)17/h7-10H,3-6H2,1-2H3. The van der Waals surface area contributed by atoms with Crippen LogP contribution in [-0.4, -0.2) is 15.3 Å². The lowest BCUT2D eigenvalue weighted by atomic mass is 10.1. The average molecular weight is 309 g/mol. The molecule has 3 nitrogen and oxygen atoms in total. The summed E-state index contributed by atoms with van der Waals surface area (Å²) >= 11 is 5.97. The summed E-state index contributed by atoms with van der Waals surface area (Å²) in [6.45, 7) is 4.61. The molecule has 0 bridgehead atoms. The lowest BCUT2D eigenvalue weighted by Crippen LogP contribution is -2.09. The van der Waals surface area contributed by atoms with Gasteiger partial charge in [-0.1, -0.05) is 17.7 Å². The highest BCUT2D eigenvalue weighted by molar-refractivity contribution is 6.31. The third-order valence-electron chi connectivity index (χ3n) is 3.52. The van der Waals surface area contributed by atoms with E-state index in [4.69, 9.17) is 11.6 Å². The van der Waals surface area contributed by atoms with Crippen LogP contribution in [0.5, 0.6) is 0 Å². The van der Waals surface area contributed by atoms with E-state index in [1.54, 1.807) is 12.3 Å². The number of Topliss-reactive ketones (excluding diaryl/α,β-unsaturated/α-hetero) is 1. The van der Waals surface area contributed by atoms with Gasteiger partial charge in [0.1, 0.15) is 17.3 Å². The Morgan fingerprint density at radius 2 is 2.19 bits per heavy atom. The maximum absolute atomic E-state index is 13.0. The Bertz CT molecular complexity index is 652. The highest BCUT2D eigenvalue weighted by atomic mass is 35.5. The van der Waals surface area contributed by atoms with Gasteiger partial charge in [0.05, 0.1) is 6.20 Å². The molecule has 2 aromatic rings. The lowest BCUT2D eigenvalue weighted by Gasteiger charge is -2.07. The van der Waals surface area contributed by atoms with Gasteiger partial charge in [-0.3, -0.25) is 4.79 Å². The average Bonchev–Trinajstić information content (AvgIpc) is 2.82. The zero-order valence-electron chi connectivity index (χ0n) is 12.2. The summed E-state index contributed by atoms with van der Waals surface area (Å²) in [5, 5.41) is 0.414. The molecule has 112 valence electrons.